The van der Waals surface area contributed by atoms with E-state index in [2.05, 4.69) is 11.8 Å². The molecule has 1 aliphatic heterocycles. The summed E-state index contributed by atoms with van der Waals surface area (Å²) < 4.78 is 0. The van der Waals surface area contributed by atoms with Crippen molar-refractivity contribution in [1.29, 1.82) is 0 Å². The minimum atomic E-state index is -0.200. The number of nitrogens with zero attached hydrogens (tertiary/aromatic N) is 1. The average Bonchev–Trinajstić information content (AvgIpc) is 2.30. The molecule has 0 aliphatic carbocycles. The largest absolute Gasteiger partial charge is 0.395 e. The molecule has 0 spiro atoms. The fraction of sp³-hybridized carbons (Fsp3) is 1.00. The standard InChI is InChI=1S/C13H27NO2/c1-2-3-4-5-6-8-14-9-7-13(16)10-12(14)11-15/h12-13,15-16H,2-11H2,1H3. The molecule has 0 saturated carbocycles. The molecule has 0 bridgehead atoms. The van der Waals surface area contributed by atoms with E-state index in [0.29, 0.717) is 0 Å². The van der Waals surface area contributed by atoms with E-state index in [-0.39, 0.29) is 18.8 Å². The van der Waals surface area contributed by atoms with Gasteiger partial charge in [0.25, 0.3) is 0 Å². The maximum atomic E-state index is 9.53. The Hall–Kier alpha value is -0.120. The van der Waals surface area contributed by atoms with Gasteiger partial charge in [-0.3, -0.25) is 4.90 Å². The van der Waals surface area contributed by atoms with Gasteiger partial charge in [-0.1, -0.05) is 32.6 Å². The molecule has 1 heterocycles. The zero-order valence-corrected chi connectivity index (χ0v) is 10.6. The molecule has 1 aliphatic rings. The van der Waals surface area contributed by atoms with Gasteiger partial charge in [-0.05, 0) is 25.8 Å². The number of unbranched alkanes of at least 4 members (excludes halogenated alkanes) is 4. The summed E-state index contributed by atoms with van der Waals surface area (Å²) in [5.74, 6) is 0. The molecular weight excluding hydrogens is 202 g/mol. The first-order valence-corrected chi connectivity index (χ1v) is 6.81. The topological polar surface area (TPSA) is 43.7 Å². The van der Waals surface area contributed by atoms with Crippen LogP contribution in [0.2, 0.25) is 0 Å². The molecule has 3 heteroatoms. The molecule has 2 atom stereocenters. The van der Waals surface area contributed by atoms with E-state index in [1.807, 2.05) is 0 Å². The highest BCUT2D eigenvalue weighted by Crippen LogP contribution is 2.18. The second-order valence-electron chi connectivity index (χ2n) is 4.96. The van der Waals surface area contributed by atoms with Gasteiger partial charge >= 0.3 is 0 Å². The fourth-order valence-corrected chi connectivity index (χ4v) is 2.48. The van der Waals surface area contributed by atoms with Crippen molar-refractivity contribution in [2.45, 2.75) is 64.0 Å². The SMILES string of the molecule is CCCCCCCN1CCC(O)CC1CO. The van der Waals surface area contributed by atoms with E-state index in [9.17, 15) is 10.2 Å². The van der Waals surface area contributed by atoms with E-state index >= 15 is 0 Å². The number of aliphatic hydroxyl groups excluding tert-OH is 2. The molecule has 2 unspecified atom stereocenters. The maximum Gasteiger partial charge on any atom is 0.0587 e. The summed E-state index contributed by atoms with van der Waals surface area (Å²) in [6.45, 7) is 4.45. The van der Waals surface area contributed by atoms with E-state index < -0.39 is 0 Å². The fourth-order valence-electron chi connectivity index (χ4n) is 2.48. The van der Waals surface area contributed by atoms with Crippen molar-refractivity contribution in [2.75, 3.05) is 19.7 Å². The van der Waals surface area contributed by atoms with Crippen LogP contribution in [0.25, 0.3) is 0 Å². The number of hydrogen-bond acceptors (Lipinski definition) is 3. The predicted octanol–water partition coefficient (Wildman–Crippen LogP) is 1.77. The molecule has 0 aromatic carbocycles. The number of aliphatic hydroxyl groups is 2. The lowest BCUT2D eigenvalue weighted by Crippen LogP contribution is -2.46. The lowest BCUT2D eigenvalue weighted by molar-refractivity contribution is 0.0163. The average molecular weight is 229 g/mol. The van der Waals surface area contributed by atoms with Crippen molar-refractivity contribution in [2.24, 2.45) is 0 Å². The normalized spacial score (nSPS) is 27.2. The van der Waals surface area contributed by atoms with Crippen LogP contribution in [0.3, 0.4) is 0 Å². The maximum absolute atomic E-state index is 9.53. The summed E-state index contributed by atoms with van der Waals surface area (Å²) in [5, 5.41) is 18.8. The van der Waals surface area contributed by atoms with Gasteiger partial charge in [-0.2, -0.15) is 0 Å². The van der Waals surface area contributed by atoms with E-state index in [4.69, 9.17) is 0 Å². The van der Waals surface area contributed by atoms with Gasteiger partial charge in [0.05, 0.1) is 12.7 Å². The Kier molecular flexibility index (Phi) is 7.01. The van der Waals surface area contributed by atoms with Crippen molar-refractivity contribution in [3.05, 3.63) is 0 Å². The number of hydrogen-bond donors (Lipinski definition) is 2. The second kappa shape index (κ2) is 8.04. The lowest BCUT2D eigenvalue weighted by Gasteiger charge is -2.36. The summed E-state index contributed by atoms with van der Waals surface area (Å²) in [6.07, 6.45) is 7.89. The summed E-state index contributed by atoms with van der Waals surface area (Å²) in [5.41, 5.74) is 0. The Balaban J connectivity index is 2.14. The summed E-state index contributed by atoms with van der Waals surface area (Å²) in [7, 11) is 0. The van der Waals surface area contributed by atoms with Gasteiger partial charge in [0, 0.05) is 12.6 Å². The molecule has 0 aromatic heterocycles. The van der Waals surface area contributed by atoms with Crippen LogP contribution in [0.4, 0.5) is 0 Å². The van der Waals surface area contributed by atoms with Crippen LogP contribution in [-0.2, 0) is 0 Å². The van der Waals surface area contributed by atoms with Crippen molar-refractivity contribution in [3.63, 3.8) is 0 Å². The van der Waals surface area contributed by atoms with Gasteiger partial charge in [0.15, 0.2) is 0 Å². The Bertz CT molecular complexity index is 175. The van der Waals surface area contributed by atoms with Crippen LogP contribution in [0.15, 0.2) is 0 Å². The van der Waals surface area contributed by atoms with Gasteiger partial charge in [0.2, 0.25) is 0 Å². The van der Waals surface area contributed by atoms with Crippen LogP contribution in [-0.4, -0.2) is 47.0 Å². The second-order valence-corrected chi connectivity index (χ2v) is 4.96. The van der Waals surface area contributed by atoms with Crippen molar-refractivity contribution in [3.8, 4) is 0 Å². The first-order chi connectivity index (χ1) is 7.77. The van der Waals surface area contributed by atoms with Gasteiger partial charge in [-0.15, -0.1) is 0 Å². The minimum Gasteiger partial charge on any atom is -0.395 e. The number of likely N-dealkylation sites (tertiary alicyclic amines) is 1. The quantitative estimate of drug-likeness (QED) is 0.654. The van der Waals surface area contributed by atoms with Crippen LogP contribution in [0.5, 0.6) is 0 Å². The van der Waals surface area contributed by atoms with E-state index in [1.54, 1.807) is 0 Å². The van der Waals surface area contributed by atoms with Crippen LogP contribution < -0.4 is 0 Å². The Morgan fingerprint density at radius 2 is 1.94 bits per heavy atom. The van der Waals surface area contributed by atoms with Crippen molar-refractivity contribution < 1.29 is 10.2 Å². The summed E-state index contributed by atoms with van der Waals surface area (Å²) >= 11 is 0. The molecule has 16 heavy (non-hydrogen) atoms. The van der Waals surface area contributed by atoms with Crippen LogP contribution in [0, 0.1) is 0 Å². The highest BCUT2D eigenvalue weighted by Gasteiger charge is 2.25. The summed E-state index contributed by atoms with van der Waals surface area (Å²) in [4.78, 5) is 2.35. The molecule has 3 nitrogen and oxygen atoms in total. The van der Waals surface area contributed by atoms with Gasteiger partial charge in [-0.25, -0.2) is 0 Å². The zero-order valence-electron chi connectivity index (χ0n) is 10.6. The molecule has 1 saturated heterocycles. The van der Waals surface area contributed by atoms with E-state index in [0.717, 1.165) is 25.9 Å². The third-order valence-electron chi connectivity index (χ3n) is 3.57. The van der Waals surface area contributed by atoms with Crippen LogP contribution >= 0.6 is 0 Å². The molecule has 0 aromatic rings. The summed E-state index contributed by atoms with van der Waals surface area (Å²) in [6, 6.07) is 0.190. The first kappa shape index (κ1) is 13.9. The molecule has 96 valence electrons. The molecule has 1 rings (SSSR count). The minimum absolute atomic E-state index is 0.187. The monoisotopic (exact) mass is 229 g/mol. The highest BCUT2D eigenvalue weighted by molar-refractivity contribution is 4.80. The Morgan fingerprint density at radius 3 is 2.62 bits per heavy atom. The smallest absolute Gasteiger partial charge is 0.0587 e. The number of piperidine rings is 1. The van der Waals surface area contributed by atoms with Gasteiger partial charge < -0.3 is 10.2 Å². The highest BCUT2D eigenvalue weighted by atomic mass is 16.3. The molecule has 0 amide bonds. The Labute approximate surface area is 99.5 Å². The third-order valence-corrected chi connectivity index (χ3v) is 3.57. The molecular formula is C13H27NO2. The first-order valence-electron chi connectivity index (χ1n) is 6.81. The zero-order chi connectivity index (χ0) is 11.8. The van der Waals surface area contributed by atoms with Crippen molar-refractivity contribution >= 4 is 0 Å². The molecule has 2 N–H and O–H groups in total. The predicted molar refractivity (Wildman–Crippen MR) is 66.4 cm³/mol. The number of rotatable bonds is 7. The Morgan fingerprint density at radius 1 is 1.19 bits per heavy atom. The van der Waals surface area contributed by atoms with E-state index in [1.165, 1.54) is 32.1 Å². The molecule has 1 fully saturated rings. The van der Waals surface area contributed by atoms with Gasteiger partial charge in [0.1, 0.15) is 0 Å². The van der Waals surface area contributed by atoms with Crippen LogP contribution in [0.1, 0.15) is 51.9 Å². The lowest BCUT2D eigenvalue weighted by atomic mass is 9.99. The van der Waals surface area contributed by atoms with Crippen molar-refractivity contribution in [1.82, 2.24) is 4.90 Å². The molecule has 0 radical (unpaired) electrons. The third kappa shape index (κ3) is 4.81.